The third-order valence-corrected chi connectivity index (χ3v) is 4.79. The van der Waals surface area contributed by atoms with E-state index >= 15 is 0 Å². The molecule has 0 radical (unpaired) electrons. The molecule has 0 atom stereocenters. The van der Waals surface area contributed by atoms with Crippen LogP contribution in [0.25, 0.3) is 10.9 Å². The van der Waals surface area contributed by atoms with Gasteiger partial charge in [-0.2, -0.15) is 0 Å². The molecule has 0 aliphatic heterocycles. The Labute approximate surface area is 159 Å². The van der Waals surface area contributed by atoms with Crippen molar-refractivity contribution in [2.24, 2.45) is 0 Å². The van der Waals surface area contributed by atoms with Gasteiger partial charge in [0.2, 0.25) is 5.91 Å². The normalized spacial score (nSPS) is 11.0. The van der Waals surface area contributed by atoms with Gasteiger partial charge in [-0.05, 0) is 43.7 Å². The van der Waals surface area contributed by atoms with Gasteiger partial charge < -0.3 is 14.2 Å². The molecular formula is C22H25FN2O2. The maximum atomic E-state index is 13.3. The number of aryl methyl sites for hydroxylation is 2. The maximum Gasteiger partial charge on any atom is 0.222 e. The zero-order valence-corrected chi connectivity index (χ0v) is 16.0. The smallest absolute Gasteiger partial charge is 0.222 e. The van der Waals surface area contributed by atoms with Crippen molar-refractivity contribution >= 4 is 16.8 Å². The number of fused-ring (bicyclic) bond motifs is 1. The number of halogens is 1. The molecule has 0 bridgehead atoms. The Morgan fingerprint density at radius 3 is 2.78 bits per heavy atom. The topological polar surface area (TPSA) is 34.5 Å². The molecule has 1 aromatic heterocycles. The van der Waals surface area contributed by atoms with Crippen LogP contribution in [0, 0.1) is 12.7 Å². The SMILES string of the molecule is COc1ccc(C)cc1CN(C)C(=O)CCCn1ccc2cc(F)ccc21. The molecule has 2 aromatic carbocycles. The first-order valence-electron chi connectivity index (χ1n) is 9.10. The highest BCUT2D eigenvalue weighted by Gasteiger charge is 2.12. The van der Waals surface area contributed by atoms with Gasteiger partial charge in [0, 0.05) is 49.2 Å². The summed E-state index contributed by atoms with van der Waals surface area (Å²) in [5.74, 6) is 0.663. The van der Waals surface area contributed by atoms with Crippen molar-refractivity contribution in [1.82, 2.24) is 9.47 Å². The van der Waals surface area contributed by atoms with Crippen molar-refractivity contribution in [3.05, 3.63) is 65.6 Å². The van der Waals surface area contributed by atoms with Gasteiger partial charge in [0.15, 0.2) is 0 Å². The summed E-state index contributed by atoms with van der Waals surface area (Å²) in [5.41, 5.74) is 3.14. The average Bonchev–Trinajstić information content (AvgIpc) is 3.03. The fourth-order valence-corrected chi connectivity index (χ4v) is 3.33. The Morgan fingerprint density at radius 1 is 1.19 bits per heavy atom. The predicted octanol–water partition coefficient (Wildman–Crippen LogP) is 4.54. The Bertz CT molecular complexity index is 949. The molecule has 0 spiro atoms. The molecule has 0 N–H and O–H groups in total. The molecule has 0 saturated heterocycles. The van der Waals surface area contributed by atoms with E-state index in [1.54, 1.807) is 18.1 Å². The summed E-state index contributed by atoms with van der Waals surface area (Å²) >= 11 is 0. The van der Waals surface area contributed by atoms with Crippen LogP contribution in [0.2, 0.25) is 0 Å². The van der Waals surface area contributed by atoms with Crippen LogP contribution >= 0.6 is 0 Å². The molecule has 0 saturated carbocycles. The molecule has 3 rings (SSSR count). The zero-order valence-electron chi connectivity index (χ0n) is 16.0. The van der Waals surface area contributed by atoms with Crippen molar-refractivity contribution in [1.29, 1.82) is 0 Å². The average molecular weight is 368 g/mol. The van der Waals surface area contributed by atoms with Crippen LogP contribution in [0.15, 0.2) is 48.7 Å². The molecule has 5 heteroatoms. The summed E-state index contributed by atoms with van der Waals surface area (Å²) in [6.07, 6.45) is 3.14. The molecular weight excluding hydrogens is 343 g/mol. The lowest BCUT2D eigenvalue weighted by atomic mass is 10.1. The van der Waals surface area contributed by atoms with Gasteiger partial charge in [-0.25, -0.2) is 4.39 Å². The van der Waals surface area contributed by atoms with Crippen LogP contribution in [0.1, 0.15) is 24.0 Å². The molecule has 0 unspecified atom stereocenters. The van der Waals surface area contributed by atoms with E-state index in [-0.39, 0.29) is 11.7 Å². The van der Waals surface area contributed by atoms with E-state index in [0.29, 0.717) is 13.0 Å². The lowest BCUT2D eigenvalue weighted by Gasteiger charge is -2.19. The van der Waals surface area contributed by atoms with E-state index in [0.717, 1.165) is 40.7 Å². The lowest BCUT2D eigenvalue weighted by molar-refractivity contribution is -0.130. The largest absolute Gasteiger partial charge is 0.496 e. The lowest BCUT2D eigenvalue weighted by Crippen LogP contribution is -2.26. The highest BCUT2D eigenvalue weighted by molar-refractivity contribution is 5.80. The number of hydrogen-bond donors (Lipinski definition) is 0. The van der Waals surface area contributed by atoms with Crippen molar-refractivity contribution in [2.45, 2.75) is 32.9 Å². The standard InChI is InChI=1S/C22H25FN2O2/c1-16-6-9-21(27-3)18(13-16)15-24(2)22(26)5-4-11-25-12-10-17-14-19(23)7-8-20(17)25/h6-10,12-14H,4-5,11,15H2,1-3H3. The summed E-state index contributed by atoms with van der Waals surface area (Å²) in [6, 6.07) is 12.7. The molecule has 1 amide bonds. The van der Waals surface area contributed by atoms with Gasteiger partial charge in [0.25, 0.3) is 0 Å². The van der Waals surface area contributed by atoms with E-state index in [1.165, 1.54) is 12.1 Å². The molecule has 1 heterocycles. The Morgan fingerprint density at radius 2 is 2.00 bits per heavy atom. The van der Waals surface area contributed by atoms with Crippen molar-refractivity contribution in [2.75, 3.05) is 14.2 Å². The summed E-state index contributed by atoms with van der Waals surface area (Å²) in [6.45, 7) is 3.27. The van der Waals surface area contributed by atoms with E-state index in [2.05, 4.69) is 4.57 Å². The molecule has 142 valence electrons. The molecule has 3 aromatic rings. The third-order valence-electron chi connectivity index (χ3n) is 4.79. The monoisotopic (exact) mass is 368 g/mol. The number of rotatable bonds is 7. The number of amides is 1. The summed E-state index contributed by atoms with van der Waals surface area (Å²) in [7, 11) is 3.46. The first kappa shape index (κ1) is 19.0. The van der Waals surface area contributed by atoms with Gasteiger partial charge in [0.05, 0.1) is 7.11 Å². The summed E-state index contributed by atoms with van der Waals surface area (Å²) in [4.78, 5) is 14.2. The van der Waals surface area contributed by atoms with Crippen LogP contribution in [-0.4, -0.2) is 29.5 Å². The number of hydrogen-bond acceptors (Lipinski definition) is 2. The maximum absolute atomic E-state index is 13.3. The molecule has 0 fully saturated rings. The van der Waals surface area contributed by atoms with E-state index in [4.69, 9.17) is 4.74 Å². The number of carbonyl (C=O) groups is 1. The number of benzene rings is 2. The number of ether oxygens (including phenoxy) is 1. The molecule has 27 heavy (non-hydrogen) atoms. The first-order chi connectivity index (χ1) is 13.0. The highest BCUT2D eigenvalue weighted by Crippen LogP contribution is 2.22. The van der Waals surface area contributed by atoms with Crippen molar-refractivity contribution < 1.29 is 13.9 Å². The summed E-state index contributed by atoms with van der Waals surface area (Å²) < 4.78 is 20.7. The fraction of sp³-hybridized carbons (Fsp3) is 0.318. The van der Waals surface area contributed by atoms with Gasteiger partial charge in [-0.15, -0.1) is 0 Å². The van der Waals surface area contributed by atoms with E-state index in [9.17, 15) is 9.18 Å². The van der Waals surface area contributed by atoms with Crippen LogP contribution in [-0.2, 0) is 17.9 Å². The van der Waals surface area contributed by atoms with Crippen LogP contribution in [0.5, 0.6) is 5.75 Å². The van der Waals surface area contributed by atoms with E-state index in [1.807, 2.05) is 44.4 Å². The Balaban J connectivity index is 1.56. The number of carbonyl (C=O) groups excluding carboxylic acids is 1. The second kappa shape index (κ2) is 8.25. The highest BCUT2D eigenvalue weighted by atomic mass is 19.1. The number of methoxy groups -OCH3 is 1. The minimum Gasteiger partial charge on any atom is -0.496 e. The van der Waals surface area contributed by atoms with Crippen molar-refractivity contribution in [3.8, 4) is 5.75 Å². The fourth-order valence-electron chi connectivity index (χ4n) is 3.33. The zero-order chi connectivity index (χ0) is 19.4. The van der Waals surface area contributed by atoms with Gasteiger partial charge in [-0.1, -0.05) is 17.7 Å². The second-order valence-electron chi connectivity index (χ2n) is 6.88. The van der Waals surface area contributed by atoms with Gasteiger partial charge >= 0.3 is 0 Å². The van der Waals surface area contributed by atoms with Crippen LogP contribution in [0.4, 0.5) is 4.39 Å². The molecule has 0 aliphatic rings. The minimum atomic E-state index is -0.233. The number of nitrogens with zero attached hydrogens (tertiary/aromatic N) is 2. The van der Waals surface area contributed by atoms with Gasteiger partial charge in [0.1, 0.15) is 11.6 Å². The Hall–Kier alpha value is -2.82. The predicted molar refractivity (Wildman–Crippen MR) is 105 cm³/mol. The van der Waals surface area contributed by atoms with E-state index < -0.39 is 0 Å². The second-order valence-corrected chi connectivity index (χ2v) is 6.88. The van der Waals surface area contributed by atoms with Crippen LogP contribution < -0.4 is 4.74 Å². The minimum absolute atomic E-state index is 0.0982. The molecule has 0 aliphatic carbocycles. The number of aromatic nitrogens is 1. The molecule has 4 nitrogen and oxygen atoms in total. The Kier molecular flexibility index (Phi) is 5.79. The summed E-state index contributed by atoms with van der Waals surface area (Å²) in [5, 5.41) is 0.880. The van der Waals surface area contributed by atoms with Gasteiger partial charge in [-0.3, -0.25) is 4.79 Å². The third kappa shape index (κ3) is 4.48. The van der Waals surface area contributed by atoms with Crippen LogP contribution in [0.3, 0.4) is 0 Å². The first-order valence-corrected chi connectivity index (χ1v) is 9.10. The quantitative estimate of drug-likeness (QED) is 0.614. The van der Waals surface area contributed by atoms with Crippen molar-refractivity contribution in [3.63, 3.8) is 0 Å².